The van der Waals surface area contributed by atoms with E-state index in [0.29, 0.717) is 25.7 Å². The molecule has 0 aromatic rings. The lowest BCUT2D eigenvalue weighted by Crippen LogP contribution is -2.36. The molecular formula is C26H53O7PS. The summed E-state index contributed by atoms with van der Waals surface area (Å²) in [7, 11) is -7.97. The van der Waals surface area contributed by atoms with Crippen LogP contribution in [0.1, 0.15) is 137 Å². The van der Waals surface area contributed by atoms with Crippen molar-refractivity contribution in [3.63, 3.8) is 0 Å². The Kier molecular flexibility index (Phi) is 20.4. The molecule has 0 spiro atoms. The van der Waals surface area contributed by atoms with E-state index in [1.807, 2.05) is 0 Å². The molecule has 35 heavy (non-hydrogen) atoms. The van der Waals surface area contributed by atoms with Crippen LogP contribution in [0.25, 0.3) is 0 Å². The average Bonchev–Trinajstić information content (AvgIpc) is 2.80. The second-order valence-corrected chi connectivity index (χ2v) is 13.9. The summed E-state index contributed by atoms with van der Waals surface area (Å²) in [5.41, 5.74) is -1.67. The summed E-state index contributed by atoms with van der Waals surface area (Å²) in [5.74, 6) is 0.0457. The molecule has 0 amide bonds. The Hall–Kier alpha value is -0.430. The van der Waals surface area contributed by atoms with Gasteiger partial charge >= 0.3 is 13.3 Å². The van der Waals surface area contributed by atoms with Gasteiger partial charge in [-0.1, -0.05) is 111 Å². The van der Waals surface area contributed by atoms with Gasteiger partial charge in [-0.2, -0.15) is 0 Å². The fourth-order valence-electron chi connectivity index (χ4n) is 4.23. The van der Waals surface area contributed by atoms with Gasteiger partial charge in [-0.25, -0.2) is 17.8 Å². The van der Waals surface area contributed by atoms with Crippen LogP contribution in [0.5, 0.6) is 0 Å². The lowest BCUT2D eigenvalue weighted by atomic mass is 10.1. The smallest absolute Gasteiger partial charge is 0.438 e. The first-order chi connectivity index (χ1) is 16.6. The van der Waals surface area contributed by atoms with E-state index in [0.717, 1.165) is 44.9 Å². The van der Waals surface area contributed by atoms with E-state index in [1.165, 1.54) is 45.4 Å². The number of sulfone groups is 1. The highest BCUT2D eigenvalue weighted by atomic mass is 32.2. The zero-order valence-corrected chi connectivity index (χ0v) is 24.6. The summed E-state index contributed by atoms with van der Waals surface area (Å²) >= 11 is 0. The predicted octanol–water partition coefficient (Wildman–Crippen LogP) is 8.75. The fourth-order valence-corrected chi connectivity index (χ4v) is 7.65. The molecule has 0 saturated carbocycles. The molecule has 210 valence electrons. The zero-order chi connectivity index (χ0) is 26.6. The summed E-state index contributed by atoms with van der Waals surface area (Å²) in [5, 5.41) is 8.52. The standard InChI is InChI=1S/C26H53O7PS/c1-5-8-10-12-13-14-15-16-18-20-23-35(30,31)25(21-19-17-11-9-6-2)24(4)33-34(29,26(27)28)32-22-7-3/h24-25H,5-23H2,1-4H3,(H,27,28). The SMILES string of the molecule is CCCCCCCCCCCCS(=O)(=O)C(CCCCCCC)C(C)OP(=O)(OCCC)C(=O)O. The highest BCUT2D eigenvalue weighted by molar-refractivity contribution is 7.92. The van der Waals surface area contributed by atoms with Crippen LogP contribution >= 0.6 is 7.60 Å². The number of carboxylic acid groups (broad SMARTS) is 1. The minimum Gasteiger partial charge on any atom is -0.472 e. The van der Waals surface area contributed by atoms with Gasteiger partial charge in [0, 0.05) is 0 Å². The molecule has 0 aromatic heterocycles. The minimum absolute atomic E-state index is 0.0245. The fraction of sp³-hybridized carbons (Fsp3) is 0.962. The van der Waals surface area contributed by atoms with Gasteiger partial charge in [0.05, 0.1) is 23.7 Å². The van der Waals surface area contributed by atoms with Crippen molar-refractivity contribution < 1.29 is 31.9 Å². The molecule has 0 heterocycles. The summed E-state index contributed by atoms with van der Waals surface area (Å²) in [4.78, 5) is 11.6. The average molecular weight is 541 g/mol. The first-order valence-corrected chi connectivity index (χ1v) is 17.3. The van der Waals surface area contributed by atoms with Crippen LogP contribution in [-0.2, 0) is 23.4 Å². The Morgan fingerprint density at radius 3 is 1.69 bits per heavy atom. The van der Waals surface area contributed by atoms with E-state index in [4.69, 9.17) is 9.05 Å². The maximum absolute atomic E-state index is 13.2. The van der Waals surface area contributed by atoms with Gasteiger partial charge in [0.1, 0.15) is 0 Å². The van der Waals surface area contributed by atoms with Gasteiger partial charge in [0.15, 0.2) is 9.84 Å². The molecular weight excluding hydrogens is 487 g/mol. The summed E-state index contributed by atoms with van der Waals surface area (Å²) in [6.07, 6.45) is 15.8. The molecule has 0 saturated heterocycles. The summed E-state index contributed by atoms with van der Waals surface area (Å²) in [6.45, 7) is 7.59. The van der Waals surface area contributed by atoms with Crippen LogP contribution in [0.4, 0.5) is 4.79 Å². The van der Waals surface area contributed by atoms with Crippen molar-refractivity contribution in [1.82, 2.24) is 0 Å². The van der Waals surface area contributed by atoms with Crippen LogP contribution in [0.3, 0.4) is 0 Å². The molecule has 0 aromatic carbocycles. The number of rotatable bonds is 25. The van der Waals surface area contributed by atoms with Crippen molar-refractivity contribution in [3.8, 4) is 0 Å². The Balaban J connectivity index is 4.91. The second-order valence-electron chi connectivity index (χ2n) is 9.71. The quantitative estimate of drug-likeness (QED) is 0.0911. The van der Waals surface area contributed by atoms with Crippen molar-refractivity contribution >= 4 is 23.1 Å². The topological polar surface area (TPSA) is 107 Å². The van der Waals surface area contributed by atoms with Crippen LogP contribution in [-0.4, -0.2) is 42.9 Å². The second kappa shape index (κ2) is 20.6. The van der Waals surface area contributed by atoms with Crippen molar-refractivity contribution in [1.29, 1.82) is 0 Å². The van der Waals surface area contributed by atoms with Crippen molar-refractivity contribution in [2.24, 2.45) is 0 Å². The van der Waals surface area contributed by atoms with E-state index in [-0.39, 0.29) is 12.4 Å². The largest absolute Gasteiger partial charge is 0.472 e. The normalized spacial score (nSPS) is 15.5. The van der Waals surface area contributed by atoms with E-state index >= 15 is 0 Å². The van der Waals surface area contributed by atoms with Crippen molar-refractivity contribution in [3.05, 3.63) is 0 Å². The first kappa shape index (κ1) is 34.6. The van der Waals surface area contributed by atoms with E-state index in [1.54, 1.807) is 6.92 Å². The van der Waals surface area contributed by atoms with Gasteiger partial charge in [0.2, 0.25) is 0 Å². The van der Waals surface area contributed by atoms with Crippen LogP contribution in [0, 0.1) is 0 Å². The van der Waals surface area contributed by atoms with Gasteiger partial charge in [0.25, 0.3) is 0 Å². The highest BCUT2D eigenvalue weighted by Crippen LogP contribution is 2.51. The Morgan fingerprint density at radius 1 is 0.771 bits per heavy atom. The molecule has 0 fully saturated rings. The molecule has 0 radical (unpaired) electrons. The van der Waals surface area contributed by atoms with Crippen LogP contribution in [0.2, 0.25) is 0 Å². The van der Waals surface area contributed by atoms with Crippen LogP contribution < -0.4 is 0 Å². The van der Waals surface area contributed by atoms with E-state index in [2.05, 4.69) is 13.8 Å². The third-order valence-corrected chi connectivity index (χ3v) is 10.4. The maximum Gasteiger partial charge on any atom is 0.438 e. The Labute approximate surface area is 215 Å². The third kappa shape index (κ3) is 16.1. The monoisotopic (exact) mass is 540 g/mol. The number of unbranched alkanes of at least 4 members (excludes halogenated alkanes) is 13. The van der Waals surface area contributed by atoms with E-state index in [9.17, 15) is 22.9 Å². The molecule has 9 heteroatoms. The highest BCUT2D eigenvalue weighted by Gasteiger charge is 2.41. The Morgan fingerprint density at radius 2 is 1.23 bits per heavy atom. The summed E-state index contributed by atoms with van der Waals surface area (Å²) < 4.78 is 49.6. The lowest BCUT2D eigenvalue weighted by molar-refractivity contribution is 0.140. The number of carbonyl (C=O) groups is 1. The molecule has 3 unspecified atom stereocenters. The van der Waals surface area contributed by atoms with Crippen molar-refractivity contribution in [2.45, 2.75) is 148 Å². The molecule has 1 N–H and O–H groups in total. The Bertz CT molecular complexity index is 681. The predicted molar refractivity (Wildman–Crippen MR) is 145 cm³/mol. The van der Waals surface area contributed by atoms with Gasteiger partial charge in [-0.15, -0.1) is 0 Å². The van der Waals surface area contributed by atoms with Crippen molar-refractivity contribution in [2.75, 3.05) is 12.4 Å². The molecule has 0 aliphatic carbocycles. The number of hydrogen-bond acceptors (Lipinski definition) is 6. The maximum atomic E-state index is 13.2. The molecule has 0 aliphatic rings. The first-order valence-electron chi connectivity index (χ1n) is 14.0. The van der Waals surface area contributed by atoms with Gasteiger partial charge in [-0.3, -0.25) is 4.52 Å². The lowest BCUT2D eigenvalue weighted by Gasteiger charge is -2.26. The van der Waals surface area contributed by atoms with Crippen LogP contribution in [0.15, 0.2) is 0 Å². The molecule has 3 atom stereocenters. The molecule has 7 nitrogen and oxygen atoms in total. The molecule has 0 bridgehead atoms. The molecule has 0 rings (SSSR count). The number of hydrogen-bond donors (Lipinski definition) is 1. The van der Waals surface area contributed by atoms with Gasteiger partial charge < -0.3 is 9.63 Å². The molecule has 0 aliphatic heterocycles. The summed E-state index contributed by atoms with van der Waals surface area (Å²) in [6, 6.07) is 0. The third-order valence-electron chi connectivity index (χ3n) is 6.36. The van der Waals surface area contributed by atoms with E-state index < -0.39 is 34.5 Å². The minimum atomic E-state index is -4.44. The zero-order valence-electron chi connectivity index (χ0n) is 22.8. The van der Waals surface area contributed by atoms with Gasteiger partial charge in [-0.05, 0) is 26.2 Å².